The third kappa shape index (κ3) is 4.18. The molecule has 2 N–H and O–H groups in total. The summed E-state index contributed by atoms with van der Waals surface area (Å²) in [6.45, 7) is 2.97. The SMILES string of the molecule is Cl.NN1CCN(C(=O)OCc2ccccc2)CC1. The minimum absolute atomic E-state index is 0. The molecule has 0 spiro atoms. The van der Waals surface area contributed by atoms with E-state index in [2.05, 4.69) is 0 Å². The Kier molecular flexibility index (Phi) is 5.91. The van der Waals surface area contributed by atoms with Gasteiger partial charge in [0.05, 0.1) is 0 Å². The molecule has 1 heterocycles. The van der Waals surface area contributed by atoms with Gasteiger partial charge in [-0.2, -0.15) is 0 Å². The van der Waals surface area contributed by atoms with Gasteiger partial charge in [0, 0.05) is 26.2 Å². The highest BCUT2D eigenvalue weighted by atomic mass is 35.5. The van der Waals surface area contributed by atoms with E-state index in [1.54, 1.807) is 9.91 Å². The van der Waals surface area contributed by atoms with E-state index < -0.39 is 0 Å². The highest BCUT2D eigenvalue weighted by Gasteiger charge is 2.20. The van der Waals surface area contributed by atoms with Crippen molar-refractivity contribution in [1.29, 1.82) is 0 Å². The van der Waals surface area contributed by atoms with Crippen LogP contribution in [0.4, 0.5) is 4.79 Å². The molecule has 1 aliphatic heterocycles. The minimum Gasteiger partial charge on any atom is -0.445 e. The molecule has 1 saturated heterocycles. The molecule has 6 heteroatoms. The first-order valence-corrected chi connectivity index (χ1v) is 5.71. The molecule has 0 saturated carbocycles. The number of rotatable bonds is 2. The summed E-state index contributed by atoms with van der Waals surface area (Å²) in [5, 5.41) is 1.71. The molecule has 0 unspecified atom stereocenters. The normalized spacial score (nSPS) is 15.9. The Morgan fingerprint density at radius 1 is 1.17 bits per heavy atom. The molecule has 1 aromatic rings. The second-order valence-corrected chi connectivity index (χ2v) is 4.06. The van der Waals surface area contributed by atoms with Crippen LogP contribution < -0.4 is 5.84 Å². The van der Waals surface area contributed by atoms with Crippen molar-refractivity contribution in [2.45, 2.75) is 6.61 Å². The number of amides is 1. The molecule has 1 fully saturated rings. The lowest BCUT2D eigenvalue weighted by atomic mass is 10.2. The summed E-state index contributed by atoms with van der Waals surface area (Å²) in [5.41, 5.74) is 0.998. The molecule has 5 nitrogen and oxygen atoms in total. The predicted molar refractivity (Wildman–Crippen MR) is 71.2 cm³/mol. The fraction of sp³-hybridized carbons (Fsp3) is 0.417. The zero-order valence-electron chi connectivity index (χ0n) is 10.1. The van der Waals surface area contributed by atoms with Gasteiger partial charge >= 0.3 is 6.09 Å². The molecular weight excluding hydrogens is 254 g/mol. The van der Waals surface area contributed by atoms with E-state index >= 15 is 0 Å². The van der Waals surface area contributed by atoms with Crippen LogP contribution in [0, 0.1) is 0 Å². The van der Waals surface area contributed by atoms with E-state index in [-0.39, 0.29) is 18.5 Å². The minimum atomic E-state index is -0.262. The topological polar surface area (TPSA) is 58.8 Å². The van der Waals surface area contributed by atoms with E-state index in [1.807, 2.05) is 30.3 Å². The summed E-state index contributed by atoms with van der Waals surface area (Å²) in [6, 6.07) is 9.66. The number of hydrazine groups is 1. The van der Waals surface area contributed by atoms with Crippen LogP contribution in [0.15, 0.2) is 30.3 Å². The maximum atomic E-state index is 11.7. The Labute approximate surface area is 113 Å². The third-order valence-electron chi connectivity index (χ3n) is 2.78. The van der Waals surface area contributed by atoms with Crippen LogP contribution in [-0.4, -0.2) is 42.2 Å². The zero-order valence-corrected chi connectivity index (χ0v) is 10.9. The highest BCUT2D eigenvalue weighted by Crippen LogP contribution is 2.05. The summed E-state index contributed by atoms with van der Waals surface area (Å²) in [5.74, 6) is 5.62. The first-order chi connectivity index (χ1) is 8.25. The molecule has 0 aromatic heterocycles. The number of nitrogens with two attached hydrogens (primary N) is 1. The van der Waals surface area contributed by atoms with Crippen molar-refractivity contribution in [2.75, 3.05) is 26.2 Å². The molecule has 2 rings (SSSR count). The van der Waals surface area contributed by atoms with Crippen LogP contribution in [-0.2, 0) is 11.3 Å². The standard InChI is InChI=1S/C12H17N3O2.ClH/c13-15-8-6-14(7-9-15)12(16)17-10-11-4-2-1-3-5-11;/h1-5H,6-10,13H2;1H. The Morgan fingerprint density at radius 3 is 2.39 bits per heavy atom. The van der Waals surface area contributed by atoms with Gasteiger partial charge in [-0.15, -0.1) is 12.4 Å². The quantitative estimate of drug-likeness (QED) is 0.822. The van der Waals surface area contributed by atoms with Gasteiger partial charge in [0.1, 0.15) is 6.61 Å². The number of ether oxygens (including phenoxy) is 1. The smallest absolute Gasteiger partial charge is 0.410 e. The van der Waals surface area contributed by atoms with Gasteiger partial charge in [-0.05, 0) is 5.56 Å². The molecule has 18 heavy (non-hydrogen) atoms. The average molecular weight is 272 g/mol. The molecule has 0 aliphatic carbocycles. The second kappa shape index (κ2) is 7.20. The Bertz CT molecular complexity index is 367. The molecule has 1 amide bonds. The predicted octanol–water partition coefficient (Wildman–Crippen LogP) is 1.24. The zero-order chi connectivity index (χ0) is 12.1. The summed E-state index contributed by atoms with van der Waals surface area (Å²) in [4.78, 5) is 13.4. The monoisotopic (exact) mass is 271 g/mol. The van der Waals surface area contributed by atoms with Gasteiger partial charge in [0.25, 0.3) is 0 Å². The molecular formula is C12H18ClN3O2. The first-order valence-electron chi connectivity index (χ1n) is 5.71. The Balaban J connectivity index is 0.00000162. The number of piperazine rings is 1. The number of carbonyl (C=O) groups is 1. The lowest BCUT2D eigenvalue weighted by molar-refractivity contribution is 0.0718. The maximum absolute atomic E-state index is 11.7. The Hall–Kier alpha value is -1.30. The average Bonchev–Trinajstić information content (AvgIpc) is 2.38. The van der Waals surface area contributed by atoms with Gasteiger partial charge in [-0.1, -0.05) is 30.3 Å². The van der Waals surface area contributed by atoms with Crippen molar-refractivity contribution >= 4 is 18.5 Å². The van der Waals surface area contributed by atoms with Gasteiger partial charge < -0.3 is 9.64 Å². The van der Waals surface area contributed by atoms with Crippen LogP contribution in [0.3, 0.4) is 0 Å². The molecule has 0 atom stereocenters. The number of benzene rings is 1. The fourth-order valence-corrected chi connectivity index (χ4v) is 1.72. The molecule has 1 aromatic carbocycles. The number of hydrogen-bond donors (Lipinski definition) is 1. The van der Waals surface area contributed by atoms with E-state index in [0.717, 1.165) is 5.56 Å². The van der Waals surface area contributed by atoms with E-state index in [0.29, 0.717) is 32.8 Å². The first kappa shape index (κ1) is 14.8. The van der Waals surface area contributed by atoms with Gasteiger partial charge in [-0.3, -0.25) is 5.84 Å². The van der Waals surface area contributed by atoms with Crippen LogP contribution in [0.25, 0.3) is 0 Å². The molecule has 0 radical (unpaired) electrons. The van der Waals surface area contributed by atoms with E-state index in [4.69, 9.17) is 10.6 Å². The van der Waals surface area contributed by atoms with Crippen LogP contribution in [0.5, 0.6) is 0 Å². The lowest BCUT2D eigenvalue weighted by Gasteiger charge is -2.31. The van der Waals surface area contributed by atoms with Crippen molar-refractivity contribution in [2.24, 2.45) is 5.84 Å². The van der Waals surface area contributed by atoms with E-state index in [1.165, 1.54) is 0 Å². The van der Waals surface area contributed by atoms with Gasteiger partial charge in [-0.25, -0.2) is 9.80 Å². The van der Waals surface area contributed by atoms with Crippen LogP contribution >= 0.6 is 12.4 Å². The fourth-order valence-electron chi connectivity index (χ4n) is 1.72. The van der Waals surface area contributed by atoms with E-state index in [9.17, 15) is 4.79 Å². The number of hydrogen-bond acceptors (Lipinski definition) is 4. The van der Waals surface area contributed by atoms with Crippen LogP contribution in [0.2, 0.25) is 0 Å². The molecule has 1 aliphatic rings. The summed E-state index contributed by atoms with van der Waals surface area (Å²) < 4.78 is 5.23. The van der Waals surface area contributed by atoms with Crippen molar-refractivity contribution in [1.82, 2.24) is 9.91 Å². The molecule has 0 bridgehead atoms. The number of halogens is 1. The van der Waals surface area contributed by atoms with Crippen molar-refractivity contribution in [3.8, 4) is 0 Å². The number of carbonyl (C=O) groups excluding carboxylic acids is 1. The van der Waals surface area contributed by atoms with Gasteiger partial charge in [0.2, 0.25) is 0 Å². The van der Waals surface area contributed by atoms with Crippen molar-refractivity contribution in [3.63, 3.8) is 0 Å². The number of nitrogens with zero attached hydrogens (tertiary/aromatic N) is 2. The molecule has 100 valence electrons. The van der Waals surface area contributed by atoms with Crippen LogP contribution in [0.1, 0.15) is 5.56 Å². The largest absolute Gasteiger partial charge is 0.445 e. The summed E-state index contributed by atoms with van der Waals surface area (Å²) in [7, 11) is 0. The van der Waals surface area contributed by atoms with Gasteiger partial charge in [0.15, 0.2) is 0 Å². The third-order valence-corrected chi connectivity index (χ3v) is 2.78. The summed E-state index contributed by atoms with van der Waals surface area (Å²) >= 11 is 0. The Morgan fingerprint density at radius 2 is 1.78 bits per heavy atom. The van der Waals surface area contributed by atoms with Crippen molar-refractivity contribution in [3.05, 3.63) is 35.9 Å². The highest BCUT2D eigenvalue weighted by molar-refractivity contribution is 5.85. The lowest BCUT2D eigenvalue weighted by Crippen LogP contribution is -2.51. The second-order valence-electron chi connectivity index (χ2n) is 4.06. The maximum Gasteiger partial charge on any atom is 0.410 e. The summed E-state index contributed by atoms with van der Waals surface area (Å²) in [6.07, 6.45) is -0.262. The van der Waals surface area contributed by atoms with Crippen molar-refractivity contribution < 1.29 is 9.53 Å².